The maximum absolute atomic E-state index is 10.6. The van der Waals surface area contributed by atoms with Crippen LogP contribution >= 0.6 is 11.9 Å². The summed E-state index contributed by atoms with van der Waals surface area (Å²) >= 11 is 0.672. The van der Waals surface area contributed by atoms with Gasteiger partial charge in [-0.1, -0.05) is 0 Å². The molecule has 0 amide bonds. The van der Waals surface area contributed by atoms with Gasteiger partial charge in [0.1, 0.15) is 5.69 Å². The Morgan fingerprint density at radius 2 is 2.67 bits per heavy atom. The summed E-state index contributed by atoms with van der Waals surface area (Å²) < 4.78 is 0. The van der Waals surface area contributed by atoms with Crippen molar-refractivity contribution in [3.05, 3.63) is 18.2 Å². The SMILES string of the molecule is NSC(=O)c1cnc[nH]1. The fraction of sp³-hybridized carbons (Fsp3) is 0. The summed E-state index contributed by atoms with van der Waals surface area (Å²) in [6, 6.07) is 0. The molecule has 1 heterocycles. The Labute approximate surface area is 56.0 Å². The molecule has 0 atom stereocenters. The van der Waals surface area contributed by atoms with Gasteiger partial charge < -0.3 is 4.98 Å². The second kappa shape index (κ2) is 2.65. The molecule has 0 bridgehead atoms. The third-order valence-corrected chi connectivity index (χ3v) is 1.26. The van der Waals surface area contributed by atoms with Crippen LogP contribution in [0.1, 0.15) is 10.5 Å². The van der Waals surface area contributed by atoms with Gasteiger partial charge >= 0.3 is 0 Å². The van der Waals surface area contributed by atoms with Gasteiger partial charge in [0, 0.05) is 0 Å². The first kappa shape index (κ1) is 6.31. The van der Waals surface area contributed by atoms with E-state index in [1.54, 1.807) is 0 Å². The van der Waals surface area contributed by atoms with Gasteiger partial charge in [-0.2, -0.15) is 0 Å². The van der Waals surface area contributed by atoms with Crippen LogP contribution in [-0.4, -0.2) is 15.1 Å². The summed E-state index contributed by atoms with van der Waals surface area (Å²) in [6.45, 7) is 0. The number of nitrogens with one attached hydrogen (secondary N) is 1. The highest BCUT2D eigenvalue weighted by atomic mass is 32.2. The van der Waals surface area contributed by atoms with E-state index in [0.717, 1.165) is 0 Å². The average molecular weight is 143 g/mol. The highest BCUT2D eigenvalue weighted by Gasteiger charge is 2.02. The molecule has 0 aliphatic rings. The lowest BCUT2D eigenvalue weighted by Crippen LogP contribution is -1.96. The number of aromatic amines is 1. The predicted molar refractivity (Wildman–Crippen MR) is 34.7 cm³/mol. The minimum Gasteiger partial charge on any atom is -0.341 e. The number of imidazole rings is 1. The molecule has 0 aliphatic heterocycles. The van der Waals surface area contributed by atoms with Crippen molar-refractivity contribution in [3.63, 3.8) is 0 Å². The third-order valence-electron chi connectivity index (χ3n) is 0.825. The third kappa shape index (κ3) is 1.30. The van der Waals surface area contributed by atoms with E-state index in [2.05, 4.69) is 9.97 Å². The Kier molecular flexibility index (Phi) is 1.86. The standard InChI is InChI=1S/C4H5N3OS/c5-9-4(8)3-1-6-2-7-3/h1-2H,5H2,(H,6,7). The summed E-state index contributed by atoms with van der Waals surface area (Å²) in [6.07, 6.45) is 2.87. The van der Waals surface area contributed by atoms with Crippen LogP contribution in [-0.2, 0) is 0 Å². The molecule has 1 rings (SSSR count). The van der Waals surface area contributed by atoms with Crippen LogP contribution in [0.5, 0.6) is 0 Å². The molecule has 3 N–H and O–H groups in total. The zero-order valence-electron chi connectivity index (χ0n) is 4.50. The Bertz CT molecular complexity index is 196. The lowest BCUT2D eigenvalue weighted by Gasteiger charge is -1.85. The molecule has 0 radical (unpaired) electrons. The molecule has 1 aromatic rings. The van der Waals surface area contributed by atoms with Crippen LogP contribution in [0.3, 0.4) is 0 Å². The summed E-state index contributed by atoms with van der Waals surface area (Å²) in [4.78, 5) is 16.9. The Morgan fingerprint density at radius 3 is 3.11 bits per heavy atom. The summed E-state index contributed by atoms with van der Waals surface area (Å²) in [5.41, 5.74) is 0.433. The molecule has 0 fully saturated rings. The van der Waals surface area contributed by atoms with Crippen LogP contribution in [0.2, 0.25) is 0 Å². The number of nitrogens with two attached hydrogens (primary N) is 1. The van der Waals surface area contributed by atoms with E-state index in [4.69, 9.17) is 5.14 Å². The Morgan fingerprint density at radius 1 is 1.89 bits per heavy atom. The van der Waals surface area contributed by atoms with Crippen molar-refractivity contribution in [2.75, 3.05) is 0 Å². The van der Waals surface area contributed by atoms with Gasteiger partial charge in [0.05, 0.1) is 12.5 Å². The van der Waals surface area contributed by atoms with Gasteiger partial charge in [-0.25, -0.2) is 4.98 Å². The number of carbonyl (C=O) groups excluding carboxylic acids is 1. The minimum absolute atomic E-state index is 0.201. The maximum Gasteiger partial charge on any atom is 0.251 e. The molecule has 1 aromatic heterocycles. The van der Waals surface area contributed by atoms with E-state index in [-0.39, 0.29) is 5.12 Å². The van der Waals surface area contributed by atoms with Crippen LogP contribution in [0.25, 0.3) is 0 Å². The van der Waals surface area contributed by atoms with E-state index in [1.807, 2.05) is 0 Å². The number of nitrogens with zero attached hydrogens (tertiary/aromatic N) is 1. The summed E-state index contributed by atoms with van der Waals surface area (Å²) in [5.74, 6) is 0. The lowest BCUT2D eigenvalue weighted by molar-refractivity contribution is 0.108. The summed E-state index contributed by atoms with van der Waals surface area (Å²) in [5, 5.41) is 4.78. The first-order chi connectivity index (χ1) is 4.34. The van der Waals surface area contributed by atoms with Crippen LogP contribution < -0.4 is 5.14 Å². The molecular formula is C4H5N3OS. The quantitative estimate of drug-likeness (QED) is 0.549. The average Bonchev–Trinajstić information content (AvgIpc) is 2.37. The van der Waals surface area contributed by atoms with Crippen molar-refractivity contribution in [2.45, 2.75) is 0 Å². The van der Waals surface area contributed by atoms with Crippen molar-refractivity contribution in [1.82, 2.24) is 9.97 Å². The van der Waals surface area contributed by atoms with Crippen molar-refractivity contribution >= 4 is 17.1 Å². The van der Waals surface area contributed by atoms with Crippen molar-refractivity contribution < 1.29 is 4.79 Å². The number of rotatable bonds is 1. The highest BCUT2D eigenvalue weighted by molar-refractivity contribution is 8.12. The molecule has 0 saturated heterocycles. The van der Waals surface area contributed by atoms with Crippen LogP contribution in [0.4, 0.5) is 0 Å². The summed E-state index contributed by atoms with van der Waals surface area (Å²) in [7, 11) is 0. The molecule has 0 spiro atoms. The first-order valence-electron chi connectivity index (χ1n) is 2.24. The van der Waals surface area contributed by atoms with Gasteiger partial charge in [-0.05, 0) is 11.9 Å². The van der Waals surface area contributed by atoms with E-state index in [9.17, 15) is 4.79 Å². The fourth-order valence-electron chi connectivity index (χ4n) is 0.431. The molecule has 5 heteroatoms. The Balaban J connectivity index is 2.77. The Hall–Kier alpha value is -0.810. The van der Waals surface area contributed by atoms with Crippen LogP contribution in [0.15, 0.2) is 12.5 Å². The molecule has 0 aromatic carbocycles. The molecule has 0 saturated carbocycles. The van der Waals surface area contributed by atoms with Gasteiger partial charge in [0.25, 0.3) is 5.12 Å². The van der Waals surface area contributed by atoms with E-state index >= 15 is 0 Å². The highest BCUT2D eigenvalue weighted by Crippen LogP contribution is 2.00. The zero-order valence-corrected chi connectivity index (χ0v) is 5.31. The number of hydrogen-bond donors (Lipinski definition) is 2. The van der Waals surface area contributed by atoms with Gasteiger partial charge in [-0.3, -0.25) is 9.93 Å². The van der Waals surface area contributed by atoms with Crippen molar-refractivity contribution in [2.24, 2.45) is 5.14 Å². The van der Waals surface area contributed by atoms with Gasteiger partial charge in [0.15, 0.2) is 0 Å². The van der Waals surface area contributed by atoms with Crippen LogP contribution in [0, 0.1) is 0 Å². The molecule has 0 unspecified atom stereocenters. The first-order valence-corrected chi connectivity index (χ1v) is 3.12. The number of aromatic nitrogens is 2. The largest absolute Gasteiger partial charge is 0.341 e. The predicted octanol–water partition coefficient (Wildman–Crippen LogP) is 0.157. The normalized spacial score (nSPS) is 9.44. The number of hydrogen-bond acceptors (Lipinski definition) is 4. The monoisotopic (exact) mass is 143 g/mol. The zero-order chi connectivity index (χ0) is 6.69. The van der Waals surface area contributed by atoms with E-state index in [0.29, 0.717) is 17.6 Å². The van der Waals surface area contributed by atoms with E-state index in [1.165, 1.54) is 12.5 Å². The number of carbonyl (C=O) groups is 1. The van der Waals surface area contributed by atoms with Gasteiger partial charge in [0.2, 0.25) is 0 Å². The van der Waals surface area contributed by atoms with Crippen molar-refractivity contribution in [3.8, 4) is 0 Å². The molecule has 48 valence electrons. The lowest BCUT2D eigenvalue weighted by atomic mass is 10.5. The minimum atomic E-state index is -0.201. The molecule has 4 nitrogen and oxygen atoms in total. The van der Waals surface area contributed by atoms with Gasteiger partial charge in [-0.15, -0.1) is 0 Å². The smallest absolute Gasteiger partial charge is 0.251 e. The second-order valence-electron chi connectivity index (χ2n) is 1.37. The van der Waals surface area contributed by atoms with Crippen molar-refractivity contribution in [1.29, 1.82) is 0 Å². The fourth-order valence-corrected chi connectivity index (χ4v) is 0.670. The second-order valence-corrected chi connectivity index (χ2v) is 1.98. The molecular weight excluding hydrogens is 138 g/mol. The van der Waals surface area contributed by atoms with E-state index < -0.39 is 0 Å². The number of H-pyrrole nitrogens is 1. The maximum atomic E-state index is 10.6. The topological polar surface area (TPSA) is 71.8 Å². The molecule has 0 aliphatic carbocycles. The molecule has 9 heavy (non-hydrogen) atoms.